The van der Waals surface area contributed by atoms with Gasteiger partial charge in [-0.1, -0.05) is 61.6 Å². The van der Waals surface area contributed by atoms with Crippen LogP contribution in [0.1, 0.15) is 47.6 Å². The highest BCUT2D eigenvalue weighted by Crippen LogP contribution is 2.34. The Morgan fingerprint density at radius 2 is 1.19 bits per heavy atom. The van der Waals surface area contributed by atoms with Crippen LogP contribution >= 0.6 is 0 Å². The van der Waals surface area contributed by atoms with E-state index in [1.807, 2.05) is 6.07 Å². The quantitative estimate of drug-likeness (QED) is 0.125. The number of aryl methyl sites for hydroxylation is 2. The van der Waals surface area contributed by atoms with Gasteiger partial charge in [-0.05, 0) is 114 Å². The Morgan fingerprint density at radius 1 is 0.542 bits per heavy atom. The van der Waals surface area contributed by atoms with E-state index in [-0.39, 0.29) is 33.3 Å². The van der Waals surface area contributed by atoms with Crippen molar-refractivity contribution in [1.82, 2.24) is 0 Å². The summed E-state index contributed by atoms with van der Waals surface area (Å²) in [7, 11) is 0. The first kappa shape index (κ1) is 32.7. The Hall–Kier alpha value is -5.28. The molecule has 0 radical (unpaired) electrons. The third-order valence-electron chi connectivity index (χ3n) is 8.60. The van der Waals surface area contributed by atoms with Gasteiger partial charge in [0.05, 0.1) is 5.39 Å². The first-order valence-electron chi connectivity index (χ1n) is 15.6. The molecule has 48 heavy (non-hydrogen) atoms. The molecule has 6 heteroatoms. The Morgan fingerprint density at radius 3 is 1.90 bits per heavy atom. The lowest BCUT2D eigenvalue weighted by molar-refractivity contribution is 0.568. The van der Waals surface area contributed by atoms with Gasteiger partial charge >= 0.3 is 0 Å². The number of unbranched alkanes of at least 4 members (excludes halogenated alkanes) is 1. The van der Waals surface area contributed by atoms with Crippen LogP contribution < -0.4 is 0 Å². The molecule has 0 amide bonds. The average Bonchev–Trinajstić information content (AvgIpc) is 3.06. The van der Waals surface area contributed by atoms with Crippen LogP contribution in [0.4, 0.5) is 26.3 Å². The van der Waals surface area contributed by atoms with Crippen molar-refractivity contribution in [2.45, 2.75) is 40.0 Å². The molecule has 0 aliphatic rings. The SMILES string of the molecule is CCCCc1ccc(-c2ccc(-c3ccc(C#Cc4cc(F)c(-c5cc(F)c6c(F)c(C)c(F)cc6c5)cc4C)cc3)c(F)c2)c(F)c1. The summed E-state index contributed by atoms with van der Waals surface area (Å²) < 4.78 is 88.9. The van der Waals surface area contributed by atoms with Gasteiger partial charge in [0.2, 0.25) is 0 Å². The van der Waals surface area contributed by atoms with Crippen molar-refractivity contribution in [3.63, 3.8) is 0 Å². The molecule has 0 fully saturated rings. The van der Waals surface area contributed by atoms with Crippen LogP contribution in [0.2, 0.25) is 0 Å². The monoisotopic (exact) mass is 648 g/mol. The molecule has 0 N–H and O–H groups in total. The third kappa shape index (κ3) is 6.46. The standard InChI is InChI=1S/C42H30F6/c1-4-5-6-27-10-15-34(37(44)18-27)30-14-16-33(38(45)21-30)28-11-7-26(8-12-28)9-13-29-20-39(46)35(17-24(29)2)31-19-32-23-36(43)25(3)42(48)41(32)40(47)22-31/h7-8,10-12,14-23H,4-6H2,1-3H3. The van der Waals surface area contributed by atoms with E-state index in [0.717, 1.165) is 37.0 Å². The molecular weight excluding hydrogens is 618 g/mol. The van der Waals surface area contributed by atoms with Gasteiger partial charge in [-0.15, -0.1) is 0 Å². The van der Waals surface area contributed by atoms with Gasteiger partial charge < -0.3 is 0 Å². The lowest BCUT2D eigenvalue weighted by atomic mass is 9.95. The Balaban J connectivity index is 1.22. The van der Waals surface area contributed by atoms with E-state index < -0.39 is 29.1 Å². The predicted octanol–water partition coefficient (Wildman–Crippen LogP) is 12.0. The number of halogens is 6. The van der Waals surface area contributed by atoms with Crippen LogP contribution in [0.3, 0.4) is 0 Å². The number of benzene rings is 6. The zero-order valence-electron chi connectivity index (χ0n) is 26.5. The van der Waals surface area contributed by atoms with Gasteiger partial charge in [0, 0.05) is 33.4 Å². The second-order valence-electron chi connectivity index (χ2n) is 11.9. The van der Waals surface area contributed by atoms with E-state index in [1.165, 1.54) is 37.3 Å². The van der Waals surface area contributed by atoms with Crippen molar-refractivity contribution in [1.29, 1.82) is 0 Å². The zero-order valence-corrected chi connectivity index (χ0v) is 26.5. The molecule has 0 saturated heterocycles. The molecule has 0 nitrogen and oxygen atoms in total. The summed E-state index contributed by atoms with van der Waals surface area (Å²) >= 11 is 0. The summed E-state index contributed by atoms with van der Waals surface area (Å²) in [5.41, 5.74) is 4.25. The molecule has 0 atom stereocenters. The van der Waals surface area contributed by atoms with Crippen molar-refractivity contribution < 1.29 is 26.3 Å². The number of hydrogen-bond donors (Lipinski definition) is 0. The second-order valence-corrected chi connectivity index (χ2v) is 11.9. The maximum atomic E-state index is 15.3. The molecule has 6 aromatic carbocycles. The topological polar surface area (TPSA) is 0 Å². The summed E-state index contributed by atoms with van der Waals surface area (Å²) in [5, 5.41) is -0.353. The molecular formula is C42H30F6. The lowest BCUT2D eigenvalue weighted by Gasteiger charge is -2.11. The van der Waals surface area contributed by atoms with Gasteiger partial charge in [-0.3, -0.25) is 0 Å². The maximum absolute atomic E-state index is 15.3. The van der Waals surface area contributed by atoms with Crippen LogP contribution in [-0.4, -0.2) is 0 Å². The molecule has 6 rings (SSSR count). The van der Waals surface area contributed by atoms with Gasteiger partial charge in [0.1, 0.15) is 34.9 Å². The molecule has 0 unspecified atom stereocenters. The van der Waals surface area contributed by atoms with Crippen LogP contribution in [-0.2, 0) is 6.42 Å². The highest BCUT2D eigenvalue weighted by Gasteiger charge is 2.18. The number of hydrogen-bond acceptors (Lipinski definition) is 0. The van der Waals surface area contributed by atoms with E-state index in [1.54, 1.807) is 49.4 Å². The minimum absolute atomic E-state index is 0.00727. The Labute approximate surface area is 275 Å². The molecule has 0 aliphatic carbocycles. The van der Waals surface area contributed by atoms with E-state index >= 15 is 8.78 Å². The first-order valence-corrected chi connectivity index (χ1v) is 15.6. The normalized spacial score (nSPS) is 11.1. The fourth-order valence-electron chi connectivity index (χ4n) is 5.82. The Kier molecular flexibility index (Phi) is 9.15. The Bertz CT molecular complexity index is 2250. The molecule has 0 bridgehead atoms. The summed E-state index contributed by atoms with van der Waals surface area (Å²) in [6.45, 7) is 5.04. The summed E-state index contributed by atoms with van der Waals surface area (Å²) in [4.78, 5) is 0. The van der Waals surface area contributed by atoms with E-state index in [9.17, 15) is 17.6 Å². The molecule has 0 aliphatic heterocycles. The van der Waals surface area contributed by atoms with E-state index in [4.69, 9.17) is 0 Å². The molecule has 0 aromatic heterocycles. The van der Waals surface area contributed by atoms with Crippen molar-refractivity contribution in [2.75, 3.05) is 0 Å². The number of fused-ring (bicyclic) bond motifs is 1. The smallest absolute Gasteiger partial charge is 0.139 e. The summed E-state index contributed by atoms with van der Waals surface area (Å²) in [6, 6.07) is 22.8. The van der Waals surface area contributed by atoms with Crippen molar-refractivity contribution in [3.8, 4) is 45.2 Å². The van der Waals surface area contributed by atoms with Crippen LogP contribution in [0.25, 0.3) is 44.2 Å². The fraction of sp³-hybridized carbons (Fsp3) is 0.143. The maximum Gasteiger partial charge on any atom is 0.139 e. The fourth-order valence-corrected chi connectivity index (χ4v) is 5.82. The van der Waals surface area contributed by atoms with Crippen molar-refractivity contribution >= 4 is 10.8 Å². The second kappa shape index (κ2) is 13.4. The van der Waals surface area contributed by atoms with Crippen molar-refractivity contribution in [3.05, 3.63) is 154 Å². The van der Waals surface area contributed by atoms with E-state index in [2.05, 4.69) is 18.8 Å². The highest BCUT2D eigenvalue weighted by atomic mass is 19.2. The van der Waals surface area contributed by atoms with Gasteiger partial charge in [-0.25, -0.2) is 26.3 Å². The summed E-state index contributed by atoms with van der Waals surface area (Å²) in [6.07, 6.45) is 2.79. The van der Waals surface area contributed by atoms with Gasteiger partial charge in [-0.2, -0.15) is 0 Å². The molecule has 6 aromatic rings. The van der Waals surface area contributed by atoms with E-state index in [0.29, 0.717) is 38.9 Å². The molecule has 0 heterocycles. The molecule has 0 saturated carbocycles. The summed E-state index contributed by atoms with van der Waals surface area (Å²) in [5.74, 6) is 1.70. The zero-order chi connectivity index (χ0) is 34.1. The third-order valence-corrected chi connectivity index (χ3v) is 8.60. The minimum atomic E-state index is -0.983. The van der Waals surface area contributed by atoms with Crippen LogP contribution in [0, 0.1) is 60.6 Å². The highest BCUT2D eigenvalue weighted by molar-refractivity contribution is 5.89. The largest absolute Gasteiger partial charge is 0.207 e. The molecule has 240 valence electrons. The molecule has 0 spiro atoms. The first-order chi connectivity index (χ1) is 23.0. The van der Waals surface area contributed by atoms with Crippen LogP contribution in [0.15, 0.2) is 91.0 Å². The minimum Gasteiger partial charge on any atom is -0.207 e. The van der Waals surface area contributed by atoms with Crippen LogP contribution in [0.5, 0.6) is 0 Å². The lowest BCUT2D eigenvalue weighted by Crippen LogP contribution is -1.96. The van der Waals surface area contributed by atoms with Gasteiger partial charge in [0.25, 0.3) is 0 Å². The predicted molar refractivity (Wildman–Crippen MR) is 181 cm³/mol. The van der Waals surface area contributed by atoms with Gasteiger partial charge in [0.15, 0.2) is 0 Å². The average molecular weight is 649 g/mol. The number of rotatable bonds is 6. The van der Waals surface area contributed by atoms with Crippen molar-refractivity contribution in [2.24, 2.45) is 0 Å².